The summed E-state index contributed by atoms with van der Waals surface area (Å²) in [4.78, 5) is 2.25. The largest absolute Gasteiger partial charge is 0.310 e. The summed E-state index contributed by atoms with van der Waals surface area (Å²) in [5.41, 5.74) is 2.03. The van der Waals surface area contributed by atoms with Gasteiger partial charge < -0.3 is 10.2 Å². The van der Waals surface area contributed by atoms with Crippen molar-refractivity contribution in [3.63, 3.8) is 0 Å². The Kier molecular flexibility index (Phi) is 4.08. The number of hydrogen-bond donors (Lipinski definition) is 1. The van der Waals surface area contributed by atoms with Crippen LogP contribution < -0.4 is 5.32 Å². The predicted octanol–water partition coefficient (Wildman–Crippen LogP) is 3.17. The predicted molar refractivity (Wildman–Crippen MR) is 79.9 cm³/mol. The van der Waals surface area contributed by atoms with E-state index in [0.29, 0.717) is 12.6 Å². The molecular weight excluding hydrogens is 251 g/mol. The molecule has 2 fully saturated rings. The first-order chi connectivity index (χ1) is 9.61. The van der Waals surface area contributed by atoms with Crippen LogP contribution in [0.3, 0.4) is 0 Å². The van der Waals surface area contributed by atoms with Crippen molar-refractivity contribution in [2.24, 2.45) is 11.8 Å². The Balaban J connectivity index is 1.56. The van der Waals surface area contributed by atoms with Gasteiger partial charge in [0.1, 0.15) is 5.82 Å². The molecule has 2 aliphatic carbocycles. The lowest BCUT2D eigenvalue weighted by Crippen LogP contribution is -2.22. The van der Waals surface area contributed by atoms with Crippen LogP contribution in [0.25, 0.3) is 0 Å². The number of nitrogens with zero attached hydrogens (tertiary/aromatic N) is 1. The Labute approximate surface area is 121 Å². The lowest BCUT2D eigenvalue weighted by Gasteiger charge is -2.17. The zero-order valence-corrected chi connectivity index (χ0v) is 12.5. The third-order valence-corrected chi connectivity index (χ3v) is 4.54. The first-order valence-electron chi connectivity index (χ1n) is 7.81. The summed E-state index contributed by atoms with van der Waals surface area (Å²) < 4.78 is 13.9. The second-order valence-corrected chi connectivity index (χ2v) is 6.75. The van der Waals surface area contributed by atoms with Crippen LogP contribution in [0.2, 0.25) is 0 Å². The molecule has 2 nitrogen and oxygen atoms in total. The molecule has 0 aliphatic heterocycles. The number of halogens is 1. The molecule has 1 aromatic rings. The molecule has 20 heavy (non-hydrogen) atoms. The average molecular weight is 276 g/mol. The maximum Gasteiger partial charge on any atom is 0.127 e. The van der Waals surface area contributed by atoms with Gasteiger partial charge in [-0.2, -0.15) is 0 Å². The number of nitrogens with one attached hydrogen (secondary N) is 1. The Morgan fingerprint density at radius 3 is 2.75 bits per heavy atom. The van der Waals surface area contributed by atoms with E-state index in [9.17, 15) is 4.39 Å². The van der Waals surface area contributed by atoms with E-state index in [1.807, 2.05) is 12.1 Å². The number of benzene rings is 1. The molecule has 3 rings (SSSR count). The molecule has 2 saturated carbocycles. The molecule has 0 radical (unpaired) electrons. The highest BCUT2D eigenvalue weighted by molar-refractivity contribution is 5.25. The average Bonchev–Trinajstić information content (AvgIpc) is 3.30. The molecule has 0 saturated heterocycles. The summed E-state index contributed by atoms with van der Waals surface area (Å²) in [5, 5.41) is 3.48. The van der Waals surface area contributed by atoms with Crippen molar-refractivity contribution < 1.29 is 4.39 Å². The molecule has 0 aromatic heterocycles. The van der Waals surface area contributed by atoms with E-state index in [-0.39, 0.29) is 5.82 Å². The number of rotatable bonds is 7. The monoisotopic (exact) mass is 276 g/mol. The standard InChI is InChI=1S/C17H25FN2/c1-12-7-14(12)10-20(2)11-15-8-13(3-6-17(15)18)9-19-16-4-5-16/h3,6,8,12,14,16,19H,4-5,7,9-11H2,1-2H3. The first-order valence-corrected chi connectivity index (χ1v) is 7.81. The maximum absolute atomic E-state index is 13.9. The minimum atomic E-state index is -0.0733. The first kappa shape index (κ1) is 14.0. The summed E-state index contributed by atoms with van der Waals surface area (Å²) in [6.07, 6.45) is 3.91. The second-order valence-electron chi connectivity index (χ2n) is 6.75. The SMILES string of the molecule is CC1CC1CN(C)Cc1cc(CNC2CC2)ccc1F. The molecule has 0 heterocycles. The van der Waals surface area contributed by atoms with Crippen LogP contribution in [0.4, 0.5) is 4.39 Å². The summed E-state index contributed by atoms with van der Waals surface area (Å²) in [6, 6.07) is 6.24. The van der Waals surface area contributed by atoms with E-state index in [1.54, 1.807) is 6.07 Å². The molecule has 110 valence electrons. The zero-order chi connectivity index (χ0) is 14.1. The molecule has 0 amide bonds. The normalized spacial score (nSPS) is 25.2. The van der Waals surface area contributed by atoms with Gasteiger partial charge in [-0.1, -0.05) is 19.1 Å². The third kappa shape index (κ3) is 3.80. The fraction of sp³-hybridized carbons (Fsp3) is 0.647. The highest BCUT2D eigenvalue weighted by atomic mass is 19.1. The topological polar surface area (TPSA) is 15.3 Å². The summed E-state index contributed by atoms with van der Waals surface area (Å²) in [5.74, 6) is 1.61. The van der Waals surface area contributed by atoms with Crippen molar-refractivity contribution in [1.82, 2.24) is 10.2 Å². The molecule has 2 atom stereocenters. The quantitative estimate of drug-likeness (QED) is 0.823. The van der Waals surface area contributed by atoms with Gasteiger partial charge in [-0.25, -0.2) is 4.39 Å². The van der Waals surface area contributed by atoms with Crippen molar-refractivity contribution in [2.75, 3.05) is 13.6 Å². The lowest BCUT2D eigenvalue weighted by atomic mass is 10.1. The summed E-state index contributed by atoms with van der Waals surface area (Å²) in [6.45, 7) is 4.96. The Hall–Kier alpha value is -0.930. The molecule has 2 unspecified atom stereocenters. The molecule has 1 aromatic carbocycles. The molecular formula is C17H25FN2. The van der Waals surface area contributed by atoms with Crippen molar-refractivity contribution >= 4 is 0 Å². The van der Waals surface area contributed by atoms with Crippen molar-refractivity contribution in [3.05, 3.63) is 35.1 Å². The van der Waals surface area contributed by atoms with Crippen LogP contribution in [0.5, 0.6) is 0 Å². The summed E-state index contributed by atoms with van der Waals surface area (Å²) in [7, 11) is 2.10. The Bertz CT molecular complexity index is 470. The smallest absolute Gasteiger partial charge is 0.127 e. The summed E-state index contributed by atoms with van der Waals surface area (Å²) >= 11 is 0. The van der Waals surface area contributed by atoms with Crippen LogP contribution in [-0.4, -0.2) is 24.5 Å². The molecule has 1 N–H and O–H groups in total. The minimum absolute atomic E-state index is 0.0733. The van der Waals surface area contributed by atoms with E-state index in [2.05, 4.69) is 24.2 Å². The van der Waals surface area contributed by atoms with Gasteiger partial charge in [0.25, 0.3) is 0 Å². The highest BCUT2D eigenvalue weighted by Gasteiger charge is 2.33. The van der Waals surface area contributed by atoms with Gasteiger partial charge in [0.05, 0.1) is 0 Å². The fourth-order valence-electron chi connectivity index (χ4n) is 2.82. The zero-order valence-electron chi connectivity index (χ0n) is 12.5. The maximum atomic E-state index is 13.9. The van der Waals surface area contributed by atoms with Gasteiger partial charge in [-0.15, -0.1) is 0 Å². The third-order valence-electron chi connectivity index (χ3n) is 4.54. The van der Waals surface area contributed by atoms with Gasteiger partial charge in [0, 0.05) is 31.2 Å². The van der Waals surface area contributed by atoms with E-state index in [4.69, 9.17) is 0 Å². The number of hydrogen-bond acceptors (Lipinski definition) is 2. The van der Waals surface area contributed by atoms with Crippen molar-refractivity contribution in [1.29, 1.82) is 0 Å². The minimum Gasteiger partial charge on any atom is -0.310 e. The van der Waals surface area contributed by atoms with Crippen molar-refractivity contribution in [3.8, 4) is 0 Å². The van der Waals surface area contributed by atoms with Crippen LogP contribution in [0, 0.1) is 17.7 Å². The Morgan fingerprint density at radius 1 is 1.35 bits per heavy atom. The molecule has 2 aliphatic rings. The molecule has 0 bridgehead atoms. The van der Waals surface area contributed by atoms with Gasteiger partial charge in [-0.3, -0.25) is 0 Å². The molecule has 0 spiro atoms. The van der Waals surface area contributed by atoms with Gasteiger partial charge >= 0.3 is 0 Å². The van der Waals surface area contributed by atoms with Crippen LogP contribution >= 0.6 is 0 Å². The van der Waals surface area contributed by atoms with E-state index >= 15 is 0 Å². The van der Waals surface area contributed by atoms with Crippen LogP contribution in [0.15, 0.2) is 18.2 Å². The second kappa shape index (κ2) is 5.82. The van der Waals surface area contributed by atoms with E-state index in [0.717, 1.165) is 30.5 Å². The highest BCUT2D eigenvalue weighted by Crippen LogP contribution is 2.38. The van der Waals surface area contributed by atoms with Crippen molar-refractivity contribution in [2.45, 2.75) is 45.3 Å². The van der Waals surface area contributed by atoms with E-state index in [1.165, 1.54) is 24.8 Å². The lowest BCUT2D eigenvalue weighted by molar-refractivity contribution is 0.302. The van der Waals surface area contributed by atoms with Gasteiger partial charge in [0.2, 0.25) is 0 Å². The fourth-order valence-corrected chi connectivity index (χ4v) is 2.82. The Morgan fingerprint density at radius 2 is 2.10 bits per heavy atom. The van der Waals surface area contributed by atoms with Gasteiger partial charge in [0.15, 0.2) is 0 Å². The van der Waals surface area contributed by atoms with Crippen LogP contribution in [-0.2, 0) is 13.1 Å². The van der Waals surface area contributed by atoms with E-state index < -0.39 is 0 Å². The molecule has 3 heteroatoms. The van der Waals surface area contributed by atoms with Gasteiger partial charge in [-0.05, 0) is 49.8 Å². The van der Waals surface area contributed by atoms with Crippen LogP contribution in [0.1, 0.15) is 37.3 Å².